The van der Waals surface area contributed by atoms with Gasteiger partial charge in [0.1, 0.15) is 25.7 Å². The molecule has 0 unspecified atom stereocenters. The summed E-state index contributed by atoms with van der Waals surface area (Å²) in [5.74, 6) is 0. The Kier molecular flexibility index (Phi) is 3.60. The van der Waals surface area contributed by atoms with Crippen molar-refractivity contribution >= 4 is 0 Å². The summed E-state index contributed by atoms with van der Waals surface area (Å²) in [6, 6.07) is 21.5. The third-order valence-corrected chi connectivity index (χ3v) is 4.65. The number of aliphatic hydroxyl groups excluding tert-OH is 1. The molecule has 0 spiro atoms. The topological polar surface area (TPSA) is 20.2 Å². The highest BCUT2D eigenvalue weighted by molar-refractivity contribution is 5.16. The van der Waals surface area contributed by atoms with E-state index < -0.39 is 0 Å². The maximum atomic E-state index is 9.99. The van der Waals surface area contributed by atoms with Crippen LogP contribution in [0.2, 0.25) is 0 Å². The molecular weight excluding hydrogens is 246 g/mol. The van der Waals surface area contributed by atoms with E-state index >= 15 is 0 Å². The van der Waals surface area contributed by atoms with Gasteiger partial charge in [-0.2, -0.15) is 0 Å². The predicted molar refractivity (Wildman–Crippen MR) is 80.9 cm³/mol. The first-order valence-electron chi connectivity index (χ1n) is 7.31. The molecule has 1 N–H and O–H groups in total. The molecular formula is C18H22NO+. The Labute approximate surface area is 120 Å². The van der Waals surface area contributed by atoms with E-state index in [1.54, 1.807) is 0 Å². The van der Waals surface area contributed by atoms with Crippen molar-refractivity contribution in [2.75, 3.05) is 6.54 Å². The molecule has 1 aliphatic rings. The fourth-order valence-corrected chi connectivity index (χ4v) is 3.29. The van der Waals surface area contributed by atoms with E-state index in [4.69, 9.17) is 0 Å². The predicted octanol–water partition coefficient (Wildman–Crippen LogP) is 2.97. The molecule has 0 saturated carbocycles. The number of aliphatic hydroxyl groups is 1. The molecule has 1 fully saturated rings. The van der Waals surface area contributed by atoms with E-state index in [0.29, 0.717) is 6.04 Å². The van der Waals surface area contributed by atoms with Gasteiger partial charge in [-0.15, -0.1) is 0 Å². The summed E-state index contributed by atoms with van der Waals surface area (Å²) in [5.41, 5.74) is 2.70. The zero-order valence-electron chi connectivity index (χ0n) is 11.9. The molecule has 0 aromatic heterocycles. The highest BCUT2D eigenvalue weighted by Crippen LogP contribution is 2.34. The molecule has 2 atom stereocenters. The van der Waals surface area contributed by atoms with E-state index in [2.05, 4.69) is 67.6 Å². The van der Waals surface area contributed by atoms with Gasteiger partial charge in [-0.25, -0.2) is 0 Å². The van der Waals surface area contributed by atoms with E-state index in [1.807, 2.05) is 0 Å². The largest absolute Gasteiger partial charge is 0.381 e. The van der Waals surface area contributed by atoms with E-state index in [1.165, 1.54) is 11.1 Å². The smallest absolute Gasteiger partial charge is 0.154 e. The van der Waals surface area contributed by atoms with Crippen molar-refractivity contribution in [3.63, 3.8) is 0 Å². The van der Waals surface area contributed by atoms with Crippen LogP contribution in [0.3, 0.4) is 0 Å². The molecule has 2 heteroatoms. The van der Waals surface area contributed by atoms with Crippen LogP contribution in [0.25, 0.3) is 0 Å². The summed E-state index contributed by atoms with van der Waals surface area (Å²) < 4.78 is 0.954. The van der Waals surface area contributed by atoms with Crippen LogP contribution in [0.4, 0.5) is 0 Å². The maximum Gasteiger partial charge on any atom is 0.154 e. The lowest BCUT2D eigenvalue weighted by Gasteiger charge is -2.54. The first-order chi connectivity index (χ1) is 9.70. The highest BCUT2D eigenvalue weighted by atomic mass is 16.3. The van der Waals surface area contributed by atoms with Gasteiger partial charge in [-0.3, -0.25) is 0 Å². The van der Waals surface area contributed by atoms with Crippen molar-refractivity contribution in [3.05, 3.63) is 71.8 Å². The van der Waals surface area contributed by atoms with Crippen LogP contribution in [0.5, 0.6) is 0 Å². The van der Waals surface area contributed by atoms with Gasteiger partial charge in [0.25, 0.3) is 0 Å². The zero-order chi connectivity index (χ0) is 14.0. The van der Waals surface area contributed by atoms with E-state index in [0.717, 1.165) is 24.1 Å². The summed E-state index contributed by atoms with van der Waals surface area (Å²) in [5, 5.41) is 9.99. The van der Waals surface area contributed by atoms with Crippen molar-refractivity contribution in [1.82, 2.24) is 0 Å². The minimum Gasteiger partial charge on any atom is -0.381 e. The van der Waals surface area contributed by atoms with Crippen LogP contribution in [-0.2, 0) is 13.1 Å². The van der Waals surface area contributed by atoms with Crippen molar-refractivity contribution < 1.29 is 9.59 Å². The monoisotopic (exact) mass is 268 g/mol. The fraction of sp³-hybridized carbons (Fsp3) is 0.333. The lowest BCUT2D eigenvalue weighted by Crippen LogP contribution is -2.71. The van der Waals surface area contributed by atoms with Crippen molar-refractivity contribution in [2.24, 2.45) is 0 Å². The zero-order valence-corrected chi connectivity index (χ0v) is 11.9. The molecule has 1 aliphatic heterocycles. The molecule has 2 nitrogen and oxygen atoms in total. The molecule has 2 aromatic carbocycles. The Morgan fingerprint density at radius 3 is 1.70 bits per heavy atom. The highest BCUT2D eigenvalue weighted by Gasteiger charge is 2.50. The van der Waals surface area contributed by atoms with Gasteiger partial charge in [0.15, 0.2) is 6.10 Å². The van der Waals surface area contributed by atoms with E-state index in [-0.39, 0.29) is 6.10 Å². The van der Waals surface area contributed by atoms with Gasteiger partial charge < -0.3 is 9.59 Å². The molecule has 0 bridgehead atoms. The lowest BCUT2D eigenvalue weighted by molar-refractivity contribution is -1.02. The SMILES string of the molecule is C[C@H]1[C@H](O)C[N+]1(Cc1ccccc1)Cc1ccccc1. The van der Waals surface area contributed by atoms with Crippen LogP contribution < -0.4 is 0 Å². The van der Waals surface area contributed by atoms with Crippen molar-refractivity contribution in [3.8, 4) is 0 Å². The average Bonchev–Trinajstić information content (AvgIpc) is 2.49. The number of likely N-dealkylation sites (tertiary alicyclic amines) is 1. The summed E-state index contributed by atoms with van der Waals surface area (Å²) in [4.78, 5) is 0. The van der Waals surface area contributed by atoms with Gasteiger partial charge >= 0.3 is 0 Å². The molecule has 0 aliphatic carbocycles. The van der Waals surface area contributed by atoms with Gasteiger partial charge in [0, 0.05) is 11.1 Å². The molecule has 0 radical (unpaired) electrons. The fourth-order valence-electron chi connectivity index (χ4n) is 3.29. The maximum absolute atomic E-state index is 9.99. The third-order valence-electron chi connectivity index (χ3n) is 4.65. The number of hydrogen-bond acceptors (Lipinski definition) is 1. The normalized spacial score (nSPS) is 24.1. The van der Waals surface area contributed by atoms with Crippen molar-refractivity contribution in [2.45, 2.75) is 32.2 Å². The minimum absolute atomic E-state index is 0.164. The van der Waals surface area contributed by atoms with Gasteiger partial charge in [-0.1, -0.05) is 60.7 Å². The first kappa shape index (κ1) is 13.3. The molecule has 3 rings (SSSR count). The van der Waals surface area contributed by atoms with Gasteiger partial charge in [0.2, 0.25) is 0 Å². The third kappa shape index (κ3) is 2.49. The minimum atomic E-state index is -0.164. The molecule has 1 saturated heterocycles. The Bertz CT molecular complexity index is 511. The van der Waals surface area contributed by atoms with Gasteiger partial charge in [0.05, 0.1) is 0 Å². The summed E-state index contributed by atoms with van der Waals surface area (Å²) in [6.45, 7) is 5.01. The second-order valence-corrected chi connectivity index (χ2v) is 6.00. The Balaban J connectivity index is 1.83. The molecule has 1 heterocycles. The second kappa shape index (κ2) is 5.39. The number of benzene rings is 2. The van der Waals surface area contributed by atoms with Gasteiger partial charge in [-0.05, 0) is 6.92 Å². The molecule has 2 aromatic rings. The summed E-state index contributed by atoms with van der Waals surface area (Å²) in [7, 11) is 0. The molecule has 0 amide bonds. The number of nitrogens with zero attached hydrogens (tertiary/aromatic N) is 1. The quantitative estimate of drug-likeness (QED) is 0.845. The summed E-state index contributed by atoms with van der Waals surface area (Å²) >= 11 is 0. The standard InChI is InChI=1S/C18H22NO/c1-15-18(20)14-19(15,12-16-8-4-2-5-9-16)13-17-10-6-3-7-11-17/h2-11,15,18,20H,12-14H2,1H3/q+1/t15-,18+/m0/s1. The average molecular weight is 268 g/mol. The first-order valence-corrected chi connectivity index (χ1v) is 7.31. The van der Waals surface area contributed by atoms with Crippen molar-refractivity contribution in [1.29, 1.82) is 0 Å². The van der Waals surface area contributed by atoms with Crippen LogP contribution >= 0.6 is 0 Å². The Morgan fingerprint density at radius 1 is 0.900 bits per heavy atom. The molecule has 20 heavy (non-hydrogen) atoms. The molecule has 104 valence electrons. The lowest BCUT2D eigenvalue weighted by atomic mass is 9.92. The summed E-state index contributed by atoms with van der Waals surface area (Å²) in [6.07, 6.45) is -0.164. The Morgan fingerprint density at radius 2 is 1.35 bits per heavy atom. The Hall–Kier alpha value is -1.64. The second-order valence-electron chi connectivity index (χ2n) is 6.00. The number of rotatable bonds is 4. The van der Waals surface area contributed by atoms with Crippen LogP contribution in [0, 0.1) is 0 Å². The number of quaternary nitrogens is 1. The van der Waals surface area contributed by atoms with Crippen LogP contribution in [0.15, 0.2) is 60.7 Å². The van der Waals surface area contributed by atoms with Crippen LogP contribution in [0.1, 0.15) is 18.1 Å². The van der Waals surface area contributed by atoms with Crippen LogP contribution in [-0.4, -0.2) is 28.3 Å². The number of hydrogen-bond donors (Lipinski definition) is 1. The van der Waals surface area contributed by atoms with E-state index in [9.17, 15) is 5.11 Å².